The molecule has 0 unspecified atom stereocenters. The molecular weight excluding hydrogens is 609 g/mol. The first-order valence-electron chi connectivity index (χ1n) is 16.7. The van der Waals surface area contributed by atoms with Gasteiger partial charge in [-0.3, -0.25) is 4.98 Å². The zero-order valence-corrected chi connectivity index (χ0v) is 27.1. The fourth-order valence-electron chi connectivity index (χ4n) is 6.95. The molecule has 4 heteroatoms. The summed E-state index contributed by atoms with van der Waals surface area (Å²) < 4.78 is 0. The molecule has 50 heavy (non-hydrogen) atoms. The summed E-state index contributed by atoms with van der Waals surface area (Å²) in [6, 6.07) is 59.0. The number of hydrogen-bond acceptors (Lipinski definition) is 4. The first kappa shape index (κ1) is 29.4. The second-order valence-corrected chi connectivity index (χ2v) is 12.3. The van der Waals surface area contributed by atoms with E-state index < -0.39 is 0 Å². The zero-order chi connectivity index (χ0) is 33.3. The van der Waals surface area contributed by atoms with Crippen molar-refractivity contribution in [3.8, 4) is 67.5 Å². The average Bonchev–Trinajstić information content (AvgIpc) is 3.21. The summed E-state index contributed by atoms with van der Waals surface area (Å²) in [5, 5.41) is 4.79. The summed E-state index contributed by atoms with van der Waals surface area (Å²) in [7, 11) is 0. The maximum Gasteiger partial charge on any atom is 0.164 e. The molecule has 9 aromatic rings. The van der Waals surface area contributed by atoms with E-state index in [1.807, 2.05) is 79.1 Å². The third kappa shape index (κ3) is 5.29. The second-order valence-electron chi connectivity index (χ2n) is 12.3. The predicted octanol–water partition coefficient (Wildman–Crippen LogP) is 11.6. The van der Waals surface area contributed by atoms with Crippen molar-refractivity contribution in [2.24, 2.45) is 0 Å². The van der Waals surface area contributed by atoms with E-state index in [-0.39, 0.29) is 0 Å². The van der Waals surface area contributed by atoms with E-state index >= 15 is 0 Å². The average molecular weight is 639 g/mol. The maximum absolute atomic E-state index is 5.05. The van der Waals surface area contributed by atoms with E-state index in [1.165, 1.54) is 27.1 Å². The van der Waals surface area contributed by atoms with Gasteiger partial charge in [0.2, 0.25) is 0 Å². The summed E-state index contributed by atoms with van der Waals surface area (Å²) in [5.74, 6) is 1.91. The Morgan fingerprint density at radius 2 is 0.820 bits per heavy atom. The van der Waals surface area contributed by atoms with Gasteiger partial charge in [-0.15, -0.1) is 0 Å². The Labute approximate surface area is 290 Å². The van der Waals surface area contributed by atoms with Crippen LogP contribution in [-0.4, -0.2) is 19.9 Å². The maximum atomic E-state index is 5.05. The minimum atomic E-state index is 0.627. The van der Waals surface area contributed by atoms with Gasteiger partial charge in [-0.2, -0.15) is 0 Å². The van der Waals surface area contributed by atoms with Crippen molar-refractivity contribution in [3.05, 3.63) is 182 Å². The van der Waals surface area contributed by atoms with Gasteiger partial charge >= 0.3 is 0 Å². The molecule has 7 aromatic carbocycles. The van der Waals surface area contributed by atoms with Gasteiger partial charge in [0.1, 0.15) is 0 Å². The smallest absolute Gasteiger partial charge is 0.164 e. The molecule has 0 saturated heterocycles. The van der Waals surface area contributed by atoms with Crippen molar-refractivity contribution in [3.63, 3.8) is 0 Å². The third-order valence-corrected chi connectivity index (χ3v) is 9.19. The van der Waals surface area contributed by atoms with Gasteiger partial charge in [0.15, 0.2) is 17.5 Å². The summed E-state index contributed by atoms with van der Waals surface area (Å²) in [5.41, 5.74) is 9.62. The molecule has 9 rings (SSSR count). The van der Waals surface area contributed by atoms with Gasteiger partial charge in [-0.1, -0.05) is 158 Å². The van der Waals surface area contributed by atoms with Crippen molar-refractivity contribution in [1.29, 1.82) is 0 Å². The van der Waals surface area contributed by atoms with Crippen molar-refractivity contribution in [1.82, 2.24) is 19.9 Å². The monoisotopic (exact) mass is 638 g/mol. The van der Waals surface area contributed by atoms with Gasteiger partial charge in [-0.05, 0) is 61.5 Å². The van der Waals surface area contributed by atoms with E-state index in [0.717, 1.165) is 44.5 Å². The molecule has 2 heterocycles. The first-order valence-corrected chi connectivity index (χ1v) is 16.7. The Balaban J connectivity index is 1.34. The van der Waals surface area contributed by atoms with E-state index in [0.29, 0.717) is 17.5 Å². The summed E-state index contributed by atoms with van der Waals surface area (Å²) in [6.07, 6.45) is 3.78. The largest absolute Gasteiger partial charge is 0.264 e. The molecule has 0 radical (unpaired) electrons. The summed E-state index contributed by atoms with van der Waals surface area (Å²) >= 11 is 0. The third-order valence-electron chi connectivity index (χ3n) is 9.19. The van der Waals surface area contributed by atoms with Crippen LogP contribution in [0.4, 0.5) is 0 Å². The van der Waals surface area contributed by atoms with Gasteiger partial charge in [0.25, 0.3) is 0 Å². The van der Waals surface area contributed by atoms with Crippen molar-refractivity contribution in [2.45, 2.75) is 0 Å². The zero-order valence-electron chi connectivity index (χ0n) is 27.1. The minimum absolute atomic E-state index is 0.627. The molecular formula is C46H30N4. The topological polar surface area (TPSA) is 51.6 Å². The number of benzene rings is 7. The van der Waals surface area contributed by atoms with Crippen LogP contribution < -0.4 is 0 Å². The highest BCUT2D eigenvalue weighted by Gasteiger charge is 2.21. The Kier molecular flexibility index (Phi) is 7.45. The molecule has 0 aliphatic rings. The fraction of sp³-hybridized carbons (Fsp3) is 0. The van der Waals surface area contributed by atoms with E-state index in [4.69, 9.17) is 15.0 Å². The van der Waals surface area contributed by atoms with E-state index in [2.05, 4.69) is 108 Å². The van der Waals surface area contributed by atoms with Crippen LogP contribution in [-0.2, 0) is 0 Å². The minimum Gasteiger partial charge on any atom is -0.264 e. The fourth-order valence-corrected chi connectivity index (χ4v) is 6.95. The van der Waals surface area contributed by atoms with Gasteiger partial charge in [-0.25, -0.2) is 15.0 Å². The lowest BCUT2D eigenvalue weighted by Gasteiger charge is -2.21. The van der Waals surface area contributed by atoms with Crippen molar-refractivity contribution < 1.29 is 0 Å². The van der Waals surface area contributed by atoms with Crippen molar-refractivity contribution in [2.75, 3.05) is 0 Å². The molecule has 0 aliphatic heterocycles. The Bertz CT molecular complexity index is 2560. The van der Waals surface area contributed by atoms with Crippen LogP contribution in [0.25, 0.3) is 89.1 Å². The molecule has 0 N–H and O–H groups in total. The predicted molar refractivity (Wildman–Crippen MR) is 205 cm³/mol. The van der Waals surface area contributed by atoms with Crippen LogP contribution in [0, 0.1) is 0 Å². The Morgan fingerprint density at radius 1 is 0.320 bits per heavy atom. The molecule has 0 bridgehead atoms. The second kappa shape index (κ2) is 12.7. The molecule has 4 nitrogen and oxygen atoms in total. The molecule has 234 valence electrons. The van der Waals surface area contributed by atoms with Crippen LogP contribution in [0.5, 0.6) is 0 Å². The molecule has 0 aliphatic carbocycles. The number of rotatable bonds is 6. The van der Waals surface area contributed by atoms with E-state index in [9.17, 15) is 0 Å². The highest BCUT2D eigenvalue weighted by Crippen LogP contribution is 2.47. The van der Waals surface area contributed by atoms with Gasteiger partial charge in [0.05, 0.1) is 0 Å². The van der Waals surface area contributed by atoms with Gasteiger partial charge < -0.3 is 0 Å². The van der Waals surface area contributed by atoms with Gasteiger partial charge in [0, 0.05) is 34.6 Å². The number of nitrogens with zero attached hydrogens (tertiary/aromatic N) is 4. The number of pyridine rings is 1. The van der Waals surface area contributed by atoms with Crippen LogP contribution in [0.1, 0.15) is 0 Å². The Hall–Kier alpha value is -6.78. The lowest BCUT2D eigenvalue weighted by molar-refractivity contribution is 1.07. The van der Waals surface area contributed by atoms with Crippen molar-refractivity contribution >= 4 is 21.5 Å². The van der Waals surface area contributed by atoms with Crippen LogP contribution in [0.15, 0.2) is 182 Å². The molecule has 0 amide bonds. The van der Waals surface area contributed by atoms with Crippen LogP contribution in [0.3, 0.4) is 0 Å². The SMILES string of the molecule is c1ccc(-c2nc(-c3ccccc3)nc(-c3cccc(-c4c(-c5ccccc5)c5c(-c6cccnc6)cccc5c5ccccc45)c3)n2)cc1. The first-order chi connectivity index (χ1) is 24.8. The Morgan fingerprint density at radius 3 is 1.46 bits per heavy atom. The standard InChI is InChI=1S/C46H30N4/c1-4-15-31(16-5-1)42-41(39-25-11-10-24-38(39)40-27-13-26-37(43(40)42)36-23-14-28-47-30-36)34-21-12-22-35(29-34)46-49-44(32-17-6-2-7-18-32)48-45(50-46)33-19-8-3-9-20-33/h1-30H. The molecule has 0 fully saturated rings. The summed E-state index contributed by atoms with van der Waals surface area (Å²) in [4.78, 5) is 19.5. The molecule has 0 spiro atoms. The number of fused-ring (bicyclic) bond motifs is 3. The quantitative estimate of drug-likeness (QED) is 0.170. The lowest BCUT2D eigenvalue weighted by Crippen LogP contribution is -2.00. The molecule has 2 aromatic heterocycles. The van der Waals surface area contributed by atoms with Crippen LogP contribution >= 0.6 is 0 Å². The lowest BCUT2D eigenvalue weighted by atomic mass is 9.82. The highest BCUT2D eigenvalue weighted by atomic mass is 15.0. The van der Waals surface area contributed by atoms with Crippen LogP contribution in [0.2, 0.25) is 0 Å². The normalized spacial score (nSPS) is 11.2. The number of aromatic nitrogens is 4. The van der Waals surface area contributed by atoms with E-state index in [1.54, 1.807) is 0 Å². The summed E-state index contributed by atoms with van der Waals surface area (Å²) in [6.45, 7) is 0. The molecule has 0 atom stereocenters. The number of hydrogen-bond donors (Lipinski definition) is 0. The molecule has 0 saturated carbocycles. The highest BCUT2D eigenvalue weighted by molar-refractivity contribution is 6.24.